The highest BCUT2D eigenvalue weighted by molar-refractivity contribution is 7.99. The maximum Gasteiger partial charge on any atom is 0.191 e. The molecule has 0 N–H and O–H groups in total. The number of thiophene rings is 1. The van der Waals surface area contributed by atoms with Gasteiger partial charge in [-0.2, -0.15) is 0 Å². The molecule has 3 aromatic rings. The lowest BCUT2D eigenvalue weighted by Crippen LogP contribution is -2.05. The van der Waals surface area contributed by atoms with Crippen LogP contribution in [0.2, 0.25) is 0 Å². The number of aromatic nitrogens is 4. The number of ketones is 1. The van der Waals surface area contributed by atoms with Crippen molar-refractivity contribution in [2.45, 2.75) is 32.0 Å². The van der Waals surface area contributed by atoms with Crippen molar-refractivity contribution in [3.05, 3.63) is 46.4 Å². The zero-order chi connectivity index (χ0) is 16.9. The van der Waals surface area contributed by atoms with E-state index in [1.807, 2.05) is 31.2 Å². The number of carbonyl (C=O) groups excluding carboxylic acids is 1. The van der Waals surface area contributed by atoms with Crippen LogP contribution in [0.25, 0.3) is 11.4 Å². The first-order valence-electron chi connectivity index (χ1n) is 7.75. The zero-order valence-corrected chi connectivity index (χ0v) is 15.2. The molecule has 0 radical (unpaired) electrons. The molecule has 0 amide bonds. The predicted molar refractivity (Wildman–Crippen MR) is 97.7 cm³/mol. The molecule has 5 nitrogen and oxygen atoms in total. The van der Waals surface area contributed by atoms with Crippen molar-refractivity contribution < 1.29 is 4.79 Å². The molecular formula is C17H18N4OS2. The van der Waals surface area contributed by atoms with E-state index in [0.717, 1.165) is 39.3 Å². The van der Waals surface area contributed by atoms with Crippen LogP contribution < -0.4 is 0 Å². The third-order valence-corrected chi connectivity index (χ3v) is 5.46. The van der Waals surface area contributed by atoms with Gasteiger partial charge < -0.3 is 4.57 Å². The molecule has 0 saturated carbocycles. The summed E-state index contributed by atoms with van der Waals surface area (Å²) in [6.45, 7) is 4.94. The topological polar surface area (TPSA) is 60.7 Å². The molecule has 0 bridgehead atoms. The predicted octanol–water partition coefficient (Wildman–Crippen LogP) is 4.10. The average molecular weight is 358 g/mol. The fourth-order valence-corrected chi connectivity index (χ4v) is 4.07. The van der Waals surface area contributed by atoms with Gasteiger partial charge in [-0.1, -0.05) is 18.7 Å². The van der Waals surface area contributed by atoms with E-state index in [9.17, 15) is 4.79 Å². The number of aryl methyl sites for hydroxylation is 1. The largest absolute Gasteiger partial charge is 0.302 e. The summed E-state index contributed by atoms with van der Waals surface area (Å²) in [4.78, 5) is 18.3. The second kappa shape index (κ2) is 7.72. The molecular weight excluding hydrogens is 340 g/mol. The molecule has 0 aliphatic heterocycles. The SMILES string of the molecule is CCCn1c(SCC(=O)c2ccc(C)s2)nnc1-c1ccncc1. The molecule has 0 atom stereocenters. The second-order valence-electron chi connectivity index (χ2n) is 5.32. The van der Waals surface area contributed by atoms with E-state index in [2.05, 4.69) is 26.7 Å². The van der Waals surface area contributed by atoms with Gasteiger partial charge in [0, 0.05) is 29.4 Å². The molecule has 0 fully saturated rings. The number of carbonyl (C=O) groups is 1. The average Bonchev–Trinajstić information content (AvgIpc) is 3.20. The lowest BCUT2D eigenvalue weighted by Gasteiger charge is -2.08. The van der Waals surface area contributed by atoms with Crippen LogP contribution in [0.5, 0.6) is 0 Å². The molecule has 0 unspecified atom stereocenters. The molecule has 3 heterocycles. The Balaban J connectivity index is 1.78. The van der Waals surface area contributed by atoms with Crippen molar-refractivity contribution >= 4 is 28.9 Å². The van der Waals surface area contributed by atoms with E-state index in [1.165, 1.54) is 23.1 Å². The first kappa shape index (κ1) is 16.9. The minimum Gasteiger partial charge on any atom is -0.302 e. The highest BCUT2D eigenvalue weighted by atomic mass is 32.2. The van der Waals surface area contributed by atoms with Gasteiger partial charge >= 0.3 is 0 Å². The molecule has 7 heteroatoms. The van der Waals surface area contributed by atoms with Crippen molar-refractivity contribution in [3.8, 4) is 11.4 Å². The number of nitrogens with zero attached hydrogens (tertiary/aromatic N) is 4. The van der Waals surface area contributed by atoms with Crippen LogP contribution >= 0.6 is 23.1 Å². The summed E-state index contributed by atoms with van der Waals surface area (Å²) in [5, 5.41) is 9.39. The summed E-state index contributed by atoms with van der Waals surface area (Å²) in [7, 11) is 0. The number of hydrogen-bond donors (Lipinski definition) is 0. The Labute approximate surface area is 149 Å². The molecule has 124 valence electrons. The van der Waals surface area contributed by atoms with Crippen molar-refractivity contribution in [2.75, 3.05) is 5.75 Å². The first-order valence-corrected chi connectivity index (χ1v) is 9.55. The summed E-state index contributed by atoms with van der Waals surface area (Å²) in [5.41, 5.74) is 0.984. The molecule has 3 rings (SSSR count). The van der Waals surface area contributed by atoms with Crippen LogP contribution in [-0.2, 0) is 6.54 Å². The van der Waals surface area contributed by atoms with Crippen LogP contribution in [0.3, 0.4) is 0 Å². The van der Waals surface area contributed by atoms with Crippen LogP contribution in [-0.4, -0.2) is 31.3 Å². The standard InChI is InChI=1S/C17H18N4OS2/c1-3-10-21-16(13-6-8-18-9-7-13)19-20-17(21)23-11-14(22)15-5-4-12(2)24-15/h4-9H,3,10-11H2,1-2H3. The summed E-state index contributed by atoms with van der Waals surface area (Å²) >= 11 is 2.98. The first-order chi connectivity index (χ1) is 11.7. The van der Waals surface area contributed by atoms with Crippen molar-refractivity contribution in [3.63, 3.8) is 0 Å². The quantitative estimate of drug-likeness (QED) is 0.470. The Morgan fingerprint density at radius 3 is 2.67 bits per heavy atom. The summed E-state index contributed by atoms with van der Waals surface area (Å²) in [6, 6.07) is 7.71. The van der Waals surface area contributed by atoms with Crippen molar-refractivity contribution in [1.82, 2.24) is 19.7 Å². The third-order valence-electron chi connectivity index (χ3n) is 3.45. The van der Waals surface area contributed by atoms with E-state index in [-0.39, 0.29) is 5.78 Å². The van der Waals surface area contributed by atoms with Gasteiger partial charge in [-0.25, -0.2) is 0 Å². The Bertz CT molecular complexity index is 826. The Kier molecular flexibility index (Phi) is 5.42. The molecule has 0 aliphatic carbocycles. The van der Waals surface area contributed by atoms with Crippen LogP contribution in [0.4, 0.5) is 0 Å². The number of pyridine rings is 1. The molecule has 3 aromatic heterocycles. The maximum absolute atomic E-state index is 12.3. The second-order valence-corrected chi connectivity index (χ2v) is 7.55. The Morgan fingerprint density at radius 2 is 2.00 bits per heavy atom. The van der Waals surface area contributed by atoms with Crippen LogP contribution in [0.15, 0.2) is 41.8 Å². The minimum atomic E-state index is 0.134. The van der Waals surface area contributed by atoms with Gasteiger partial charge in [0.05, 0.1) is 10.6 Å². The summed E-state index contributed by atoms with van der Waals surface area (Å²) in [6.07, 6.45) is 4.47. The fourth-order valence-electron chi connectivity index (χ4n) is 2.32. The van der Waals surface area contributed by atoms with Gasteiger partial charge in [0.25, 0.3) is 0 Å². The van der Waals surface area contributed by atoms with Gasteiger partial charge in [0.2, 0.25) is 0 Å². The van der Waals surface area contributed by atoms with Crippen molar-refractivity contribution in [2.24, 2.45) is 0 Å². The molecule has 0 aromatic carbocycles. The summed E-state index contributed by atoms with van der Waals surface area (Å²) in [5.74, 6) is 1.33. The molecule has 24 heavy (non-hydrogen) atoms. The van der Waals surface area contributed by atoms with E-state index in [1.54, 1.807) is 12.4 Å². The maximum atomic E-state index is 12.3. The Hall–Kier alpha value is -1.99. The Morgan fingerprint density at radius 1 is 1.21 bits per heavy atom. The number of hydrogen-bond acceptors (Lipinski definition) is 6. The van der Waals surface area contributed by atoms with Gasteiger partial charge in [-0.3, -0.25) is 9.78 Å². The number of Topliss-reactive ketones (excluding diaryl/α,β-unsaturated/α-hetero) is 1. The monoisotopic (exact) mass is 358 g/mol. The normalized spacial score (nSPS) is 10.9. The fraction of sp³-hybridized carbons (Fsp3) is 0.294. The van der Waals surface area contributed by atoms with Gasteiger partial charge in [-0.15, -0.1) is 21.5 Å². The molecule has 0 aliphatic rings. The highest BCUT2D eigenvalue weighted by Crippen LogP contribution is 2.25. The molecule has 0 spiro atoms. The molecule has 0 saturated heterocycles. The van der Waals surface area contributed by atoms with E-state index in [0.29, 0.717) is 5.75 Å². The van der Waals surface area contributed by atoms with Gasteiger partial charge in [0.15, 0.2) is 16.8 Å². The van der Waals surface area contributed by atoms with Crippen LogP contribution in [0, 0.1) is 6.92 Å². The van der Waals surface area contributed by atoms with Gasteiger partial charge in [-0.05, 0) is 37.6 Å². The zero-order valence-electron chi connectivity index (χ0n) is 13.6. The summed E-state index contributed by atoms with van der Waals surface area (Å²) < 4.78 is 2.08. The lowest BCUT2D eigenvalue weighted by atomic mass is 10.2. The van der Waals surface area contributed by atoms with Crippen LogP contribution in [0.1, 0.15) is 27.9 Å². The lowest BCUT2D eigenvalue weighted by molar-refractivity contribution is 0.102. The number of rotatable bonds is 7. The van der Waals surface area contributed by atoms with Crippen molar-refractivity contribution in [1.29, 1.82) is 0 Å². The highest BCUT2D eigenvalue weighted by Gasteiger charge is 2.16. The minimum absolute atomic E-state index is 0.134. The van der Waals surface area contributed by atoms with E-state index in [4.69, 9.17) is 0 Å². The smallest absolute Gasteiger partial charge is 0.191 e. The van der Waals surface area contributed by atoms with E-state index >= 15 is 0 Å². The van der Waals surface area contributed by atoms with E-state index < -0.39 is 0 Å². The van der Waals surface area contributed by atoms with Gasteiger partial charge in [0.1, 0.15) is 0 Å². The third kappa shape index (κ3) is 3.73. The number of thioether (sulfide) groups is 1.